The van der Waals surface area contributed by atoms with E-state index in [1.165, 1.54) is 0 Å². The molecule has 2 amide bonds. The fourth-order valence-electron chi connectivity index (χ4n) is 2.37. The van der Waals surface area contributed by atoms with E-state index in [1.807, 2.05) is 6.92 Å². The molecule has 6 heteroatoms. The Bertz CT molecular complexity index is 513. The lowest BCUT2D eigenvalue weighted by Crippen LogP contribution is -2.36. The van der Waals surface area contributed by atoms with Crippen LogP contribution in [0.3, 0.4) is 0 Å². The summed E-state index contributed by atoms with van der Waals surface area (Å²) in [6.45, 7) is 5.86. The topological polar surface area (TPSA) is 53.5 Å². The molecule has 1 fully saturated rings. The molecule has 108 valence electrons. The van der Waals surface area contributed by atoms with E-state index in [4.69, 9.17) is 11.6 Å². The molecular weight excluding hydrogens is 278 g/mol. The average Bonchev–Trinajstić information content (AvgIpc) is 2.62. The van der Waals surface area contributed by atoms with Crippen LogP contribution in [0.25, 0.3) is 0 Å². The van der Waals surface area contributed by atoms with Crippen molar-refractivity contribution >= 4 is 23.4 Å². The van der Waals surface area contributed by atoms with Gasteiger partial charge in [-0.2, -0.15) is 0 Å². The van der Waals surface area contributed by atoms with Gasteiger partial charge < -0.3 is 9.80 Å². The van der Waals surface area contributed by atoms with Crippen molar-refractivity contribution in [1.82, 2.24) is 14.8 Å². The van der Waals surface area contributed by atoms with Gasteiger partial charge in [0.2, 0.25) is 5.91 Å². The molecular formula is C14H18ClN3O2. The van der Waals surface area contributed by atoms with Crippen LogP contribution in [-0.4, -0.2) is 52.8 Å². The SMILES string of the molecule is CC(=O)N1CCCN(C(=O)c2cc(C)nc(Cl)c2)CC1. The van der Waals surface area contributed by atoms with Crippen molar-refractivity contribution < 1.29 is 9.59 Å². The van der Waals surface area contributed by atoms with Crippen LogP contribution >= 0.6 is 11.6 Å². The third-order valence-electron chi connectivity index (χ3n) is 3.40. The molecule has 5 nitrogen and oxygen atoms in total. The summed E-state index contributed by atoms with van der Waals surface area (Å²) < 4.78 is 0. The van der Waals surface area contributed by atoms with E-state index in [0.717, 1.165) is 12.1 Å². The normalized spacial score (nSPS) is 15.9. The van der Waals surface area contributed by atoms with Crippen LogP contribution in [-0.2, 0) is 4.79 Å². The van der Waals surface area contributed by atoms with Gasteiger partial charge in [0.25, 0.3) is 5.91 Å². The molecule has 1 aliphatic rings. The van der Waals surface area contributed by atoms with Crippen molar-refractivity contribution in [2.45, 2.75) is 20.3 Å². The number of hydrogen-bond donors (Lipinski definition) is 0. The summed E-state index contributed by atoms with van der Waals surface area (Å²) >= 11 is 5.90. The number of carbonyl (C=O) groups excluding carboxylic acids is 2. The van der Waals surface area contributed by atoms with Crippen LogP contribution in [0, 0.1) is 6.92 Å². The largest absolute Gasteiger partial charge is 0.341 e. The van der Waals surface area contributed by atoms with E-state index in [1.54, 1.807) is 28.9 Å². The summed E-state index contributed by atoms with van der Waals surface area (Å²) in [4.78, 5) is 31.5. The lowest BCUT2D eigenvalue weighted by Gasteiger charge is -2.21. The highest BCUT2D eigenvalue weighted by atomic mass is 35.5. The second-order valence-electron chi connectivity index (χ2n) is 4.97. The van der Waals surface area contributed by atoms with Gasteiger partial charge in [0.1, 0.15) is 5.15 Å². The number of halogens is 1. The predicted molar refractivity (Wildman–Crippen MR) is 76.8 cm³/mol. The summed E-state index contributed by atoms with van der Waals surface area (Å²) in [7, 11) is 0. The number of pyridine rings is 1. The minimum absolute atomic E-state index is 0.0530. The Morgan fingerprint density at radius 2 is 1.80 bits per heavy atom. The summed E-state index contributed by atoms with van der Waals surface area (Å²) in [6.07, 6.45) is 0.795. The Hall–Kier alpha value is -1.62. The smallest absolute Gasteiger partial charge is 0.254 e. The van der Waals surface area contributed by atoms with Gasteiger partial charge in [0.15, 0.2) is 0 Å². The first-order valence-electron chi connectivity index (χ1n) is 6.66. The third kappa shape index (κ3) is 3.48. The molecule has 1 aromatic heterocycles. The second kappa shape index (κ2) is 6.22. The number of aryl methyl sites for hydroxylation is 1. The first-order chi connectivity index (χ1) is 9.47. The highest BCUT2D eigenvalue weighted by Crippen LogP contribution is 2.14. The van der Waals surface area contributed by atoms with Crippen LogP contribution in [0.5, 0.6) is 0 Å². The van der Waals surface area contributed by atoms with Crippen LogP contribution < -0.4 is 0 Å². The predicted octanol–water partition coefficient (Wildman–Crippen LogP) is 1.74. The van der Waals surface area contributed by atoms with E-state index in [-0.39, 0.29) is 11.8 Å². The summed E-state index contributed by atoms with van der Waals surface area (Å²) in [6, 6.07) is 3.33. The maximum absolute atomic E-state index is 12.5. The van der Waals surface area contributed by atoms with Crippen LogP contribution in [0.15, 0.2) is 12.1 Å². The minimum atomic E-state index is -0.0530. The fourth-order valence-corrected chi connectivity index (χ4v) is 2.62. The number of hydrogen-bond acceptors (Lipinski definition) is 3. The molecule has 20 heavy (non-hydrogen) atoms. The van der Waals surface area contributed by atoms with E-state index in [9.17, 15) is 9.59 Å². The van der Waals surface area contributed by atoms with Gasteiger partial charge in [-0.1, -0.05) is 11.6 Å². The first kappa shape index (κ1) is 14.8. The molecule has 0 bridgehead atoms. The Balaban J connectivity index is 2.11. The quantitative estimate of drug-likeness (QED) is 0.742. The van der Waals surface area contributed by atoms with Gasteiger partial charge in [-0.25, -0.2) is 4.98 Å². The highest BCUT2D eigenvalue weighted by Gasteiger charge is 2.21. The minimum Gasteiger partial charge on any atom is -0.341 e. The molecule has 0 atom stereocenters. The molecule has 1 saturated heterocycles. The number of aromatic nitrogens is 1. The molecule has 0 aliphatic carbocycles. The zero-order chi connectivity index (χ0) is 14.7. The molecule has 0 spiro atoms. The molecule has 0 aromatic carbocycles. The monoisotopic (exact) mass is 295 g/mol. The van der Waals surface area contributed by atoms with Gasteiger partial charge in [-0.3, -0.25) is 9.59 Å². The summed E-state index contributed by atoms with van der Waals surface area (Å²) in [5.74, 6) is 0.00454. The van der Waals surface area contributed by atoms with Crippen molar-refractivity contribution in [2.24, 2.45) is 0 Å². The third-order valence-corrected chi connectivity index (χ3v) is 3.59. The van der Waals surface area contributed by atoms with Crippen molar-refractivity contribution in [3.8, 4) is 0 Å². The van der Waals surface area contributed by atoms with Crippen molar-refractivity contribution in [2.75, 3.05) is 26.2 Å². The molecule has 0 N–H and O–H groups in total. The maximum atomic E-state index is 12.5. The lowest BCUT2D eigenvalue weighted by atomic mass is 10.2. The Morgan fingerprint density at radius 3 is 2.45 bits per heavy atom. The number of rotatable bonds is 1. The van der Waals surface area contributed by atoms with Crippen LogP contribution in [0.1, 0.15) is 29.4 Å². The van der Waals surface area contributed by atoms with E-state index >= 15 is 0 Å². The molecule has 2 rings (SSSR count). The Morgan fingerprint density at radius 1 is 1.15 bits per heavy atom. The molecule has 1 aliphatic heterocycles. The molecule has 1 aromatic rings. The van der Waals surface area contributed by atoms with Crippen molar-refractivity contribution in [3.05, 3.63) is 28.5 Å². The van der Waals surface area contributed by atoms with Gasteiger partial charge in [0.05, 0.1) is 0 Å². The molecule has 0 saturated carbocycles. The Kier molecular flexibility index (Phi) is 4.60. The molecule has 2 heterocycles. The zero-order valence-electron chi connectivity index (χ0n) is 11.7. The second-order valence-corrected chi connectivity index (χ2v) is 5.36. The van der Waals surface area contributed by atoms with Gasteiger partial charge in [-0.15, -0.1) is 0 Å². The number of carbonyl (C=O) groups is 2. The lowest BCUT2D eigenvalue weighted by molar-refractivity contribution is -0.128. The van der Waals surface area contributed by atoms with E-state index in [0.29, 0.717) is 36.9 Å². The molecule has 0 unspecified atom stereocenters. The number of amides is 2. The van der Waals surface area contributed by atoms with Gasteiger partial charge in [0, 0.05) is 44.4 Å². The maximum Gasteiger partial charge on any atom is 0.254 e. The summed E-state index contributed by atoms with van der Waals surface area (Å²) in [5, 5.41) is 0.327. The van der Waals surface area contributed by atoms with Crippen LogP contribution in [0.4, 0.5) is 0 Å². The molecule has 0 radical (unpaired) electrons. The average molecular weight is 296 g/mol. The van der Waals surface area contributed by atoms with Crippen LogP contribution in [0.2, 0.25) is 5.15 Å². The van der Waals surface area contributed by atoms with E-state index in [2.05, 4.69) is 4.98 Å². The van der Waals surface area contributed by atoms with E-state index < -0.39 is 0 Å². The summed E-state index contributed by atoms with van der Waals surface area (Å²) in [5.41, 5.74) is 1.28. The number of nitrogens with zero attached hydrogens (tertiary/aromatic N) is 3. The standard InChI is InChI=1S/C14H18ClN3O2/c1-10-8-12(9-13(15)16-10)14(20)18-5-3-4-17(6-7-18)11(2)19/h8-9H,3-7H2,1-2H3. The highest BCUT2D eigenvalue weighted by molar-refractivity contribution is 6.29. The zero-order valence-corrected chi connectivity index (χ0v) is 12.5. The first-order valence-corrected chi connectivity index (χ1v) is 7.04. The van der Waals surface area contributed by atoms with Gasteiger partial charge in [-0.05, 0) is 25.5 Å². The fraction of sp³-hybridized carbons (Fsp3) is 0.500. The Labute approximate surface area is 123 Å². The van der Waals surface area contributed by atoms with Crippen molar-refractivity contribution in [1.29, 1.82) is 0 Å². The van der Waals surface area contributed by atoms with Gasteiger partial charge >= 0.3 is 0 Å². The van der Waals surface area contributed by atoms with Crippen molar-refractivity contribution in [3.63, 3.8) is 0 Å².